The molecule has 0 saturated heterocycles. The summed E-state index contributed by atoms with van der Waals surface area (Å²) in [6.45, 7) is 1.68. The average molecular weight is 176 g/mol. The number of nitrogens with two attached hydrogens (primary N) is 2. The van der Waals surface area contributed by atoms with E-state index in [-0.39, 0.29) is 0 Å². The first kappa shape index (κ1) is 10.8. The van der Waals surface area contributed by atoms with E-state index in [4.69, 9.17) is 11.5 Å². The van der Waals surface area contributed by atoms with Gasteiger partial charge >= 0.3 is 0 Å². The molecule has 11 heavy (non-hydrogen) atoms. The number of carbonyl (C=O) groups is 1. The summed E-state index contributed by atoms with van der Waals surface area (Å²) >= 11 is 1.75. The van der Waals surface area contributed by atoms with Gasteiger partial charge in [0, 0.05) is 0 Å². The Morgan fingerprint density at radius 3 is 2.55 bits per heavy atom. The third-order valence-electron chi connectivity index (χ3n) is 1.61. The maximum atomic E-state index is 10.7. The summed E-state index contributed by atoms with van der Waals surface area (Å²) in [5, 5.41) is 0. The summed E-state index contributed by atoms with van der Waals surface area (Å²) in [6, 6.07) is 0. The van der Waals surface area contributed by atoms with Gasteiger partial charge in [-0.1, -0.05) is 0 Å². The van der Waals surface area contributed by atoms with Crippen LogP contribution in [0, 0.1) is 0 Å². The van der Waals surface area contributed by atoms with Crippen molar-refractivity contribution in [3.05, 3.63) is 0 Å². The van der Waals surface area contributed by atoms with Gasteiger partial charge in [0.2, 0.25) is 5.91 Å². The highest BCUT2D eigenvalue weighted by Gasteiger charge is 2.24. The van der Waals surface area contributed by atoms with Crippen LogP contribution in [-0.4, -0.2) is 23.5 Å². The summed E-state index contributed by atoms with van der Waals surface area (Å²) in [6.07, 6.45) is 3.64. The van der Waals surface area contributed by atoms with Crippen LogP contribution in [0.4, 0.5) is 0 Å². The molecule has 0 aromatic carbocycles. The molecule has 4 heteroatoms. The molecule has 0 aromatic rings. The number of hydrogen-bond acceptors (Lipinski definition) is 3. The fraction of sp³-hybridized carbons (Fsp3) is 0.857. The Bertz CT molecular complexity index is 136. The van der Waals surface area contributed by atoms with E-state index in [0.717, 1.165) is 12.2 Å². The van der Waals surface area contributed by atoms with E-state index in [2.05, 4.69) is 0 Å². The molecule has 0 saturated carbocycles. The fourth-order valence-electron chi connectivity index (χ4n) is 0.707. The molecular weight excluding hydrogens is 160 g/mol. The molecule has 0 aliphatic heterocycles. The second-order valence-corrected chi connectivity index (χ2v) is 3.86. The predicted octanol–water partition coefficient (Wildman–Crippen LogP) is 0.332. The van der Waals surface area contributed by atoms with Gasteiger partial charge in [-0.25, -0.2) is 0 Å². The normalized spacial score (nSPS) is 15.9. The molecule has 0 aliphatic carbocycles. The number of amides is 1. The van der Waals surface area contributed by atoms with Crippen LogP contribution in [0.25, 0.3) is 0 Å². The zero-order valence-corrected chi connectivity index (χ0v) is 7.91. The van der Waals surface area contributed by atoms with Crippen LogP contribution in [0.3, 0.4) is 0 Å². The monoisotopic (exact) mass is 176 g/mol. The largest absolute Gasteiger partial charge is 0.368 e. The highest BCUT2D eigenvalue weighted by molar-refractivity contribution is 7.98. The lowest BCUT2D eigenvalue weighted by Gasteiger charge is -2.19. The van der Waals surface area contributed by atoms with E-state index in [9.17, 15) is 4.79 Å². The van der Waals surface area contributed by atoms with Gasteiger partial charge in [0.15, 0.2) is 0 Å². The Morgan fingerprint density at radius 2 is 2.18 bits per heavy atom. The summed E-state index contributed by atoms with van der Waals surface area (Å²) in [5.41, 5.74) is 9.87. The number of rotatable bonds is 5. The molecule has 0 rings (SSSR count). The Morgan fingerprint density at radius 1 is 1.64 bits per heavy atom. The van der Waals surface area contributed by atoms with Crippen molar-refractivity contribution < 1.29 is 4.79 Å². The van der Waals surface area contributed by atoms with Gasteiger partial charge in [-0.3, -0.25) is 4.79 Å². The average Bonchev–Trinajstić information content (AvgIpc) is 1.88. The van der Waals surface area contributed by atoms with E-state index in [1.54, 1.807) is 18.7 Å². The van der Waals surface area contributed by atoms with Gasteiger partial charge < -0.3 is 11.5 Å². The summed E-state index contributed by atoms with van der Waals surface area (Å²) in [7, 11) is 0. The van der Waals surface area contributed by atoms with Crippen molar-refractivity contribution in [1.82, 2.24) is 0 Å². The zero-order valence-electron chi connectivity index (χ0n) is 7.09. The molecule has 0 aromatic heterocycles. The molecular formula is C7H16N2OS. The van der Waals surface area contributed by atoms with Crippen molar-refractivity contribution in [2.75, 3.05) is 12.0 Å². The number of carbonyl (C=O) groups excluding carboxylic acids is 1. The highest BCUT2D eigenvalue weighted by atomic mass is 32.2. The van der Waals surface area contributed by atoms with Crippen molar-refractivity contribution in [2.45, 2.75) is 25.3 Å². The van der Waals surface area contributed by atoms with Gasteiger partial charge in [-0.15, -0.1) is 0 Å². The first-order valence-electron chi connectivity index (χ1n) is 3.58. The molecule has 0 spiro atoms. The summed E-state index contributed by atoms with van der Waals surface area (Å²) in [4.78, 5) is 10.7. The Kier molecular flexibility index (Phi) is 4.52. The third kappa shape index (κ3) is 4.27. The Labute approximate surface area is 71.9 Å². The quantitative estimate of drug-likeness (QED) is 0.593. The molecule has 66 valence electrons. The van der Waals surface area contributed by atoms with Crippen molar-refractivity contribution in [3.8, 4) is 0 Å². The van der Waals surface area contributed by atoms with E-state index in [1.807, 2.05) is 6.26 Å². The number of thioether (sulfide) groups is 1. The van der Waals surface area contributed by atoms with Crippen LogP contribution in [-0.2, 0) is 4.79 Å². The van der Waals surface area contributed by atoms with Crippen molar-refractivity contribution in [2.24, 2.45) is 11.5 Å². The first-order valence-corrected chi connectivity index (χ1v) is 4.98. The molecule has 4 N–H and O–H groups in total. The smallest absolute Gasteiger partial charge is 0.237 e. The van der Waals surface area contributed by atoms with E-state index < -0.39 is 11.4 Å². The van der Waals surface area contributed by atoms with Gasteiger partial charge in [-0.05, 0) is 31.8 Å². The van der Waals surface area contributed by atoms with Crippen molar-refractivity contribution in [1.29, 1.82) is 0 Å². The summed E-state index contributed by atoms with van der Waals surface area (Å²) < 4.78 is 0. The number of hydrogen-bond donors (Lipinski definition) is 2. The molecule has 1 atom stereocenters. The minimum absolute atomic E-state index is 0.418. The molecule has 0 radical (unpaired) electrons. The van der Waals surface area contributed by atoms with E-state index in [0.29, 0.717) is 6.42 Å². The lowest BCUT2D eigenvalue weighted by atomic mass is 9.97. The second-order valence-electron chi connectivity index (χ2n) is 2.88. The second kappa shape index (κ2) is 4.62. The minimum atomic E-state index is -0.824. The van der Waals surface area contributed by atoms with Gasteiger partial charge in [-0.2, -0.15) is 11.8 Å². The third-order valence-corrected chi connectivity index (χ3v) is 2.30. The maximum absolute atomic E-state index is 10.7. The van der Waals surface area contributed by atoms with Gasteiger partial charge in [0.25, 0.3) is 0 Å². The maximum Gasteiger partial charge on any atom is 0.237 e. The van der Waals surface area contributed by atoms with Crippen molar-refractivity contribution in [3.63, 3.8) is 0 Å². The molecule has 0 heterocycles. The molecule has 0 aliphatic rings. The Balaban J connectivity index is 3.64. The fourth-order valence-corrected chi connectivity index (χ4v) is 1.14. The minimum Gasteiger partial charge on any atom is -0.368 e. The predicted molar refractivity (Wildman–Crippen MR) is 49.4 cm³/mol. The van der Waals surface area contributed by atoms with Crippen LogP contribution in [0.2, 0.25) is 0 Å². The molecule has 0 fully saturated rings. The lowest BCUT2D eigenvalue weighted by molar-refractivity contribution is -0.122. The molecule has 1 amide bonds. The first-order chi connectivity index (χ1) is 5.00. The van der Waals surface area contributed by atoms with E-state index in [1.165, 1.54) is 0 Å². The van der Waals surface area contributed by atoms with Crippen LogP contribution in [0.15, 0.2) is 0 Å². The van der Waals surface area contributed by atoms with Crippen LogP contribution < -0.4 is 11.5 Å². The topological polar surface area (TPSA) is 69.1 Å². The van der Waals surface area contributed by atoms with Gasteiger partial charge in [0.05, 0.1) is 5.54 Å². The van der Waals surface area contributed by atoms with Crippen molar-refractivity contribution >= 4 is 17.7 Å². The molecule has 0 bridgehead atoms. The zero-order chi connectivity index (χ0) is 8.91. The van der Waals surface area contributed by atoms with Gasteiger partial charge in [0.1, 0.15) is 0 Å². The highest BCUT2D eigenvalue weighted by Crippen LogP contribution is 2.10. The summed E-state index contributed by atoms with van der Waals surface area (Å²) in [5.74, 6) is 0.610. The standard InChI is InChI=1S/C7H16N2OS/c1-7(9,6(8)10)4-3-5-11-2/h3-5,9H2,1-2H3,(H2,8,10)/t7-/m0/s1. The molecule has 0 unspecified atom stereocenters. The van der Waals surface area contributed by atoms with Crippen LogP contribution in [0.5, 0.6) is 0 Å². The number of primary amides is 1. The SMILES string of the molecule is CSCCC[C@](C)(N)C(N)=O. The van der Waals surface area contributed by atoms with E-state index >= 15 is 0 Å². The lowest BCUT2D eigenvalue weighted by Crippen LogP contribution is -2.49. The molecule has 3 nitrogen and oxygen atoms in total. The Hall–Kier alpha value is -0.220. The van der Waals surface area contributed by atoms with Crippen LogP contribution in [0.1, 0.15) is 19.8 Å². The van der Waals surface area contributed by atoms with Crippen LogP contribution >= 0.6 is 11.8 Å².